The molecule has 1 amide bonds. The lowest BCUT2D eigenvalue weighted by Crippen LogP contribution is -2.46. The molecule has 5 nitrogen and oxygen atoms in total. The molecule has 0 aliphatic carbocycles. The number of carbonyl (C=O) groups is 1. The molecule has 1 saturated heterocycles. The van der Waals surface area contributed by atoms with Gasteiger partial charge in [0.25, 0.3) is 0 Å². The van der Waals surface area contributed by atoms with E-state index in [0.717, 1.165) is 44.2 Å². The number of amides is 1. The maximum absolute atomic E-state index is 12.0. The molecule has 0 radical (unpaired) electrons. The van der Waals surface area contributed by atoms with Crippen molar-refractivity contribution in [2.75, 3.05) is 32.7 Å². The summed E-state index contributed by atoms with van der Waals surface area (Å²) in [5.74, 6) is 0.121. The highest BCUT2D eigenvalue weighted by molar-refractivity contribution is 7.09. The Morgan fingerprint density at radius 3 is 2.59 bits per heavy atom. The van der Waals surface area contributed by atoms with Crippen LogP contribution in [0.2, 0.25) is 0 Å². The first kappa shape index (κ1) is 17.4. The summed E-state index contributed by atoms with van der Waals surface area (Å²) in [7, 11) is 0. The van der Waals surface area contributed by atoms with Gasteiger partial charge in [-0.15, -0.1) is 11.3 Å². The Kier molecular flexibility index (Phi) is 5.94. The second-order valence-electron chi connectivity index (χ2n) is 7.06. The number of hydrogen-bond donors (Lipinski definition) is 1. The summed E-state index contributed by atoms with van der Waals surface area (Å²) < 4.78 is 0. The summed E-state index contributed by atoms with van der Waals surface area (Å²) in [4.78, 5) is 21.3. The van der Waals surface area contributed by atoms with Crippen LogP contribution in [-0.4, -0.2) is 59.0 Å². The quantitative estimate of drug-likeness (QED) is 0.919. The maximum Gasteiger partial charge on any atom is 0.234 e. The summed E-state index contributed by atoms with van der Waals surface area (Å²) in [6, 6.07) is 0. The molecule has 22 heavy (non-hydrogen) atoms. The molecule has 1 fully saturated rings. The molecule has 2 heterocycles. The van der Waals surface area contributed by atoms with Crippen molar-refractivity contribution in [1.29, 1.82) is 0 Å². The smallest absolute Gasteiger partial charge is 0.234 e. The van der Waals surface area contributed by atoms with Crippen molar-refractivity contribution < 1.29 is 4.79 Å². The van der Waals surface area contributed by atoms with Crippen LogP contribution in [0.25, 0.3) is 0 Å². The van der Waals surface area contributed by atoms with Gasteiger partial charge in [0, 0.05) is 30.6 Å². The van der Waals surface area contributed by atoms with Gasteiger partial charge in [0.05, 0.1) is 17.2 Å². The fourth-order valence-corrected chi connectivity index (χ4v) is 3.32. The van der Waals surface area contributed by atoms with Gasteiger partial charge in [0.15, 0.2) is 0 Å². The Morgan fingerprint density at radius 2 is 1.95 bits per heavy atom. The van der Waals surface area contributed by atoms with E-state index in [1.807, 2.05) is 27.7 Å². The molecule has 1 aliphatic heterocycles. The number of nitrogens with one attached hydrogen (secondary N) is 1. The van der Waals surface area contributed by atoms with Crippen molar-refractivity contribution >= 4 is 17.2 Å². The van der Waals surface area contributed by atoms with Crippen molar-refractivity contribution in [3.05, 3.63) is 16.1 Å². The lowest BCUT2D eigenvalue weighted by molar-refractivity contribution is -0.123. The molecule has 0 spiro atoms. The lowest BCUT2D eigenvalue weighted by atomic mass is 10.1. The molecular weight excluding hydrogens is 296 g/mol. The lowest BCUT2D eigenvalue weighted by Gasteiger charge is -2.24. The summed E-state index contributed by atoms with van der Waals surface area (Å²) in [6.07, 6.45) is 1.10. The van der Waals surface area contributed by atoms with Crippen LogP contribution < -0.4 is 5.32 Å². The molecule has 1 aliphatic rings. The number of thiazole rings is 1. The van der Waals surface area contributed by atoms with Gasteiger partial charge < -0.3 is 5.32 Å². The van der Waals surface area contributed by atoms with Gasteiger partial charge in [-0.2, -0.15) is 0 Å². The van der Waals surface area contributed by atoms with Gasteiger partial charge in [0.1, 0.15) is 0 Å². The summed E-state index contributed by atoms with van der Waals surface area (Å²) in [6.45, 7) is 13.5. The third-order valence-corrected chi connectivity index (χ3v) is 4.44. The highest BCUT2D eigenvalue weighted by atomic mass is 32.1. The minimum atomic E-state index is -0.155. The summed E-state index contributed by atoms with van der Waals surface area (Å²) >= 11 is 1.71. The third kappa shape index (κ3) is 6.02. The first-order valence-corrected chi connectivity index (χ1v) is 8.86. The minimum Gasteiger partial charge on any atom is -0.350 e. The Balaban J connectivity index is 1.78. The first-order valence-electron chi connectivity index (χ1n) is 7.98. The summed E-state index contributed by atoms with van der Waals surface area (Å²) in [5.41, 5.74) is 1.01. The Labute approximate surface area is 137 Å². The normalized spacial score (nSPS) is 18.2. The average molecular weight is 324 g/mol. The maximum atomic E-state index is 12.0. The average Bonchev–Trinajstić information content (AvgIpc) is 2.65. The molecule has 0 aromatic carbocycles. The fraction of sp³-hybridized carbons (Fsp3) is 0.750. The van der Waals surface area contributed by atoms with Crippen molar-refractivity contribution in [2.24, 2.45) is 0 Å². The number of carbonyl (C=O) groups excluding carboxylic acids is 1. The van der Waals surface area contributed by atoms with E-state index in [1.165, 1.54) is 5.69 Å². The zero-order valence-corrected chi connectivity index (χ0v) is 15.0. The minimum absolute atomic E-state index is 0.121. The third-order valence-electron chi connectivity index (χ3n) is 3.61. The molecule has 1 aromatic heterocycles. The molecule has 1 aromatic rings. The van der Waals surface area contributed by atoms with E-state index in [2.05, 4.69) is 25.5 Å². The Hall–Kier alpha value is -0.980. The van der Waals surface area contributed by atoms with E-state index >= 15 is 0 Å². The highest BCUT2D eigenvalue weighted by Crippen LogP contribution is 2.12. The van der Waals surface area contributed by atoms with Crippen LogP contribution in [0.5, 0.6) is 0 Å². The SMILES string of the molecule is Cc1nc(CN2CCCN(CC(=O)NC(C)(C)C)CC2)cs1. The second kappa shape index (κ2) is 7.53. The van der Waals surface area contributed by atoms with E-state index in [4.69, 9.17) is 0 Å². The topological polar surface area (TPSA) is 48.5 Å². The molecule has 0 saturated carbocycles. The molecule has 124 valence electrons. The number of nitrogens with zero attached hydrogens (tertiary/aromatic N) is 3. The fourth-order valence-electron chi connectivity index (χ4n) is 2.71. The van der Waals surface area contributed by atoms with Gasteiger partial charge in [-0.3, -0.25) is 14.6 Å². The van der Waals surface area contributed by atoms with Crippen molar-refractivity contribution in [1.82, 2.24) is 20.1 Å². The first-order chi connectivity index (χ1) is 10.3. The van der Waals surface area contributed by atoms with E-state index in [0.29, 0.717) is 6.54 Å². The zero-order valence-electron chi connectivity index (χ0n) is 14.2. The van der Waals surface area contributed by atoms with Gasteiger partial charge in [-0.25, -0.2) is 4.98 Å². The standard InChI is InChI=1S/C16H28N4OS/c1-13-17-14(12-22-13)10-19-6-5-7-20(9-8-19)11-15(21)18-16(2,3)4/h12H,5-11H2,1-4H3,(H,18,21). The molecule has 0 unspecified atom stereocenters. The van der Waals surface area contributed by atoms with Crippen LogP contribution in [0.3, 0.4) is 0 Å². The molecule has 1 N–H and O–H groups in total. The molecule has 0 atom stereocenters. The van der Waals surface area contributed by atoms with Gasteiger partial charge in [0.2, 0.25) is 5.91 Å². The van der Waals surface area contributed by atoms with Crippen LogP contribution in [0.4, 0.5) is 0 Å². The predicted octanol–water partition coefficient (Wildman–Crippen LogP) is 1.87. The number of rotatable bonds is 4. The van der Waals surface area contributed by atoms with E-state index in [-0.39, 0.29) is 11.4 Å². The van der Waals surface area contributed by atoms with Crippen molar-refractivity contribution in [3.63, 3.8) is 0 Å². The van der Waals surface area contributed by atoms with Crippen molar-refractivity contribution in [2.45, 2.75) is 46.2 Å². The van der Waals surface area contributed by atoms with Crippen LogP contribution in [0.15, 0.2) is 5.38 Å². The van der Waals surface area contributed by atoms with Crippen LogP contribution in [0, 0.1) is 6.92 Å². The molecule has 2 rings (SSSR count). The van der Waals surface area contributed by atoms with E-state index in [1.54, 1.807) is 11.3 Å². The predicted molar refractivity (Wildman–Crippen MR) is 91.1 cm³/mol. The summed E-state index contributed by atoms with van der Waals surface area (Å²) in [5, 5.41) is 6.32. The Bertz CT molecular complexity index is 495. The number of aromatic nitrogens is 1. The molecular formula is C16H28N4OS. The monoisotopic (exact) mass is 324 g/mol. The van der Waals surface area contributed by atoms with Gasteiger partial charge >= 0.3 is 0 Å². The largest absolute Gasteiger partial charge is 0.350 e. The second-order valence-corrected chi connectivity index (χ2v) is 8.12. The van der Waals surface area contributed by atoms with Gasteiger partial charge in [-0.1, -0.05) is 0 Å². The molecule has 6 heteroatoms. The van der Waals surface area contributed by atoms with Crippen LogP contribution in [-0.2, 0) is 11.3 Å². The van der Waals surface area contributed by atoms with Crippen LogP contribution in [0.1, 0.15) is 37.9 Å². The van der Waals surface area contributed by atoms with E-state index in [9.17, 15) is 4.79 Å². The molecule has 0 bridgehead atoms. The van der Waals surface area contributed by atoms with E-state index < -0.39 is 0 Å². The van der Waals surface area contributed by atoms with Crippen LogP contribution >= 0.6 is 11.3 Å². The Morgan fingerprint density at radius 1 is 1.27 bits per heavy atom. The van der Waals surface area contributed by atoms with Gasteiger partial charge in [-0.05, 0) is 47.2 Å². The highest BCUT2D eigenvalue weighted by Gasteiger charge is 2.20. The zero-order chi connectivity index (χ0) is 16.2. The number of aryl methyl sites for hydroxylation is 1. The number of hydrogen-bond acceptors (Lipinski definition) is 5. The van der Waals surface area contributed by atoms with Crippen molar-refractivity contribution in [3.8, 4) is 0 Å².